The lowest BCUT2D eigenvalue weighted by molar-refractivity contribution is 0.465. The van der Waals surface area contributed by atoms with Crippen LogP contribution in [-0.2, 0) is 0 Å². The van der Waals surface area contributed by atoms with Gasteiger partial charge in [0.2, 0.25) is 0 Å². The minimum Gasteiger partial charge on any atom is -0.508 e. The van der Waals surface area contributed by atoms with Crippen molar-refractivity contribution in [3.8, 4) is 17.1 Å². The van der Waals surface area contributed by atoms with E-state index in [9.17, 15) is 9.90 Å². The summed E-state index contributed by atoms with van der Waals surface area (Å²) in [4.78, 5) is 12.2. The van der Waals surface area contributed by atoms with Crippen molar-refractivity contribution < 1.29 is 9.52 Å². The van der Waals surface area contributed by atoms with Crippen molar-refractivity contribution in [2.45, 2.75) is 19.8 Å². The molecular formula is C18H15ClO3. The molecule has 0 spiro atoms. The Morgan fingerprint density at radius 1 is 1.14 bits per heavy atom. The lowest BCUT2D eigenvalue weighted by Crippen LogP contribution is -2.00. The van der Waals surface area contributed by atoms with E-state index in [1.165, 1.54) is 6.07 Å². The predicted molar refractivity (Wildman–Crippen MR) is 88.7 cm³/mol. The third-order valence-electron chi connectivity index (χ3n) is 3.64. The molecule has 0 saturated carbocycles. The van der Waals surface area contributed by atoms with E-state index < -0.39 is 0 Å². The zero-order valence-electron chi connectivity index (χ0n) is 12.3. The van der Waals surface area contributed by atoms with Gasteiger partial charge in [-0.05, 0) is 41.8 Å². The second kappa shape index (κ2) is 5.50. The largest absolute Gasteiger partial charge is 0.508 e. The number of para-hydroxylation sites is 1. The van der Waals surface area contributed by atoms with Crippen molar-refractivity contribution in [3.05, 3.63) is 63.3 Å². The molecule has 22 heavy (non-hydrogen) atoms. The van der Waals surface area contributed by atoms with Gasteiger partial charge in [0.25, 0.3) is 0 Å². The summed E-state index contributed by atoms with van der Waals surface area (Å²) in [5.74, 6) is 0.836. The van der Waals surface area contributed by atoms with Crippen LogP contribution < -0.4 is 5.43 Å². The molecule has 0 amide bonds. The molecule has 3 nitrogen and oxygen atoms in total. The molecule has 2 aromatic carbocycles. The molecule has 0 saturated heterocycles. The van der Waals surface area contributed by atoms with E-state index in [0.29, 0.717) is 21.8 Å². The fraction of sp³-hybridized carbons (Fsp3) is 0.167. The van der Waals surface area contributed by atoms with Gasteiger partial charge < -0.3 is 9.52 Å². The van der Waals surface area contributed by atoms with Crippen molar-refractivity contribution >= 4 is 22.6 Å². The number of rotatable bonds is 2. The first-order chi connectivity index (χ1) is 10.5. The van der Waals surface area contributed by atoms with Crippen LogP contribution in [0.1, 0.15) is 25.3 Å². The van der Waals surface area contributed by atoms with Crippen LogP contribution in [0, 0.1) is 0 Å². The number of hydrogen-bond donors (Lipinski definition) is 1. The summed E-state index contributed by atoms with van der Waals surface area (Å²) in [6.45, 7) is 3.98. The van der Waals surface area contributed by atoms with Crippen molar-refractivity contribution in [1.82, 2.24) is 0 Å². The highest BCUT2D eigenvalue weighted by Gasteiger charge is 2.12. The first-order valence-electron chi connectivity index (χ1n) is 7.03. The average molecular weight is 315 g/mol. The van der Waals surface area contributed by atoms with Crippen molar-refractivity contribution in [2.75, 3.05) is 0 Å². The minimum absolute atomic E-state index is 0.141. The van der Waals surface area contributed by atoms with E-state index in [0.717, 1.165) is 11.1 Å². The van der Waals surface area contributed by atoms with Gasteiger partial charge in [0.15, 0.2) is 11.0 Å². The second-order valence-corrected chi connectivity index (χ2v) is 5.93. The molecule has 4 heteroatoms. The predicted octanol–water partition coefficient (Wildman–Crippen LogP) is 4.94. The number of benzene rings is 2. The van der Waals surface area contributed by atoms with E-state index in [1.54, 1.807) is 30.3 Å². The van der Waals surface area contributed by atoms with Gasteiger partial charge in [-0.15, -0.1) is 0 Å². The van der Waals surface area contributed by atoms with E-state index in [1.807, 2.05) is 19.9 Å². The van der Waals surface area contributed by atoms with Crippen LogP contribution in [0.25, 0.3) is 22.3 Å². The van der Waals surface area contributed by atoms with Crippen LogP contribution >= 0.6 is 11.6 Å². The number of halogens is 1. The van der Waals surface area contributed by atoms with Gasteiger partial charge in [-0.3, -0.25) is 4.79 Å². The van der Waals surface area contributed by atoms with Gasteiger partial charge in [-0.1, -0.05) is 31.5 Å². The third-order valence-corrected chi connectivity index (χ3v) is 3.94. The van der Waals surface area contributed by atoms with E-state index in [2.05, 4.69) is 0 Å². The molecule has 3 rings (SSSR count). The summed E-state index contributed by atoms with van der Waals surface area (Å²) in [6.07, 6.45) is 0. The van der Waals surface area contributed by atoms with Crippen LogP contribution in [0.15, 0.2) is 51.7 Å². The highest BCUT2D eigenvalue weighted by molar-refractivity contribution is 6.34. The summed E-state index contributed by atoms with van der Waals surface area (Å²) in [6, 6.07) is 11.7. The molecule has 0 aliphatic rings. The first kappa shape index (κ1) is 14.7. The Labute approximate surface area is 132 Å². The third kappa shape index (κ3) is 2.48. The van der Waals surface area contributed by atoms with E-state index >= 15 is 0 Å². The number of phenolic OH excluding ortho intramolecular Hbond substituents is 1. The van der Waals surface area contributed by atoms with Gasteiger partial charge in [-0.2, -0.15) is 0 Å². The number of aromatic hydroxyl groups is 1. The first-order valence-corrected chi connectivity index (χ1v) is 7.41. The molecular weight excluding hydrogens is 300 g/mol. The van der Waals surface area contributed by atoms with Crippen LogP contribution in [0.2, 0.25) is 5.02 Å². The molecule has 0 fully saturated rings. The fourth-order valence-corrected chi connectivity index (χ4v) is 2.67. The standard InChI is InChI=1S/C18H15ClO3/c1-10(2)13-8-11(6-7-15(13)20)17-9-16(21)12-4-3-5-14(19)18(12)22-17/h3-10,20H,1-2H3. The van der Waals surface area contributed by atoms with Gasteiger partial charge in [-0.25, -0.2) is 0 Å². The number of fused-ring (bicyclic) bond motifs is 1. The van der Waals surface area contributed by atoms with E-state index in [-0.39, 0.29) is 17.1 Å². The van der Waals surface area contributed by atoms with Crippen LogP contribution in [-0.4, -0.2) is 5.11 Å². The quantitative estimate of drug-likeness (QED) is 0.728. The molecule has 0 radical (unpaired) electrons. The van der Waals surface area contributed by atoms with Crippen LogP contribution in [0.5, 0.6) is 5.75 Å². The summed E-state index contributed by atoms with van der Waals surface area (Å²) in [5.41, 5.74) is 1.78. The monoisotopic (exact) mass is 314 g/mol. The fourth-order valence-electron chi connectivity index (χ4n) is 2.46. The number of phenols is 1. The Balaban J connectivity index is 2.25. The Hall–Kier alpha value is -2.26. The molecule has 0 bridgehead atoms. The molecule has 1 N–H and O–H groups in total. The lowest BCUT2D eigenvalue weighted by Gasteiger charge is -2.11. The minimum atomic E-state index is -0.141. The lowest BCUT2D eigenvalue weighted by atomic mass is 9.98. The smallest absolute Gasteiger partial charge is 0.193 e. The topological polar surface area (TPSA) is 50.4 Å². The molecule has 0 atom stereocenters. The maximum absolute atomic E-state index is 12.2. The highest BCUT2D eigenvalue weighted by atomic mass is 35.5. The van der Waals surface area contributed by atoms with Crippen molar-refractivity contribution in [1.29, 1.82) is 0 Å². The zero-order chi connectivity index (χ0) is 15.9. The normalized spacial score (nSPS) is 11.3. The molecule has 1 aromatic heterocycles. The summed E-state index contributed by atoms with van der Waals surface area (Å²) in [5, 5.41) is 10.8. The molecule has 0 aliphatic heterocycles. The van der Waals surface area contributed by atoms with Crippen LogP contribution in [0.3, 0.4) is 0 Å². The van der Waals surface area contributed by atoms with Crippen molar-refractivity contribution in [3.63, 3.8) is 0 Å². The molecule has 0 aliphatic carbocycles. The molecule has 1 heterocycles. The van der Waals surface area contributed by atoms with Crippen LogP contribution in [0.4, 0.5) is 0 Å². The molecule has 112 valence electrons. The average Bonchev–Trinajstić information content (AvgIpc) is 2.48. The maximum atomic E-state index is 12.2. The molecule has 0 unspecified atom stereocenters. The second-order valence-electron chi connectivity index (χ2n) is 5.52. The van der Waals surface area contributed by atoms with Crippen molar-refractivity contribution in [2.24, 2.45) is 0 Å². The summed E-state index contributed by atoms with van der Waals surface area (Å²) >= 11 is 6.12. The summed E-state index contributed by atoms with van der Waals surface area (Å²) in [7, 11) is 0. The Kier molecular flexibility index (Phi) is 3.67. The maximum Gasteiger partial charge on any atom is 0.193 e. The zero-order valence-corrected chi connectivity index (χ0v) is 13.0. The SMILES string of the molecule is CC(C)c1cc(-c2cc(=O)c3cccc(Cl)c3o2)ccc1O. The Bertz CT molecular complexity index is 910. The summed E-state index contributed by atoms with van der Waals surface area (Å²) < 4.78 is 5.82. The Morgan fingerprint density at radius 3 is 2.64 bits per heavy atom. The van der Waals surface area contributed by atoms with Gasteiger partial charge >= 0.3 is 0 Å². The van der Waals surface area contributed by atoms with Gasteiger partial charge in [0.1, 0.15) is 11.5 Å². The van der Waals surface area contributed by atoms with Gasteiger partial charge in [0.05, 0.1) is 10.4 Å². The number of hydrogen-bond acceptors (Lipinski definition) is 3. The van der Waals surface area contributed by atoms with E-state index in [4.69, 9.17) is 16.0 Å². The highest BCUT2D eigenvalue weighted by Crippen LogP contribution is 2.32. The molecule has 3 aromatic rings. The Morgan fingerprint density at radius 2 is 1.91 bits per heavy atom. The van der Waals surface area contributed by atoms with Gasteiger partial charge in [0, 0.05) is 11.6 Å².